The quantitative estimate of drug-likeness (QED) is 0.813. The fourth-order valence-corrected chi connectivity index (χ4v) is 1.97. The number of methoxy groups -OCH3 is 1. The van der Waals surface area contributed by atoms with E-state index in [-0.39, 0.29) is 18.1 Å². The van der Waals surface area contributed by atoms with Crippen molar-refractivity contribution >= 4 is 5.91 Å². The first-order valence-electron chi connectivity index (χ1n) is 5.88. The molecular weight excluding hydrogens is 237 g/mol. The topological polar surface area (TPSA) is 38.8 Å². The predicted molar refractivity (Wildman–Crippen MR) is 64.1 cm³/mol. The zero-order chi connectivity index (χ0) is 13.0. The molecule has 0 bridgehead atoms. The Labute approximate surface area is 105 Å². The van der Waals surface area contributed by atoms with E-state index in [1.165, 1.54) is 25.3 Å². The SMILES string of the molecule is COc1ccc(F)cc1CC(=O)N1CCOCC1. The zero-order valence-corrected chi connectivity index (χ0v) is 10.3. The maximum Gasteiger partial charge on any atom is 0.227 e. The normalized spacial score (nSPS) is 15.6. The van der Waals surface area contributed by atoms with Crippen molar-refractivity contribution in [2.45, 2.75) is 6.42 Å². The Kier molecular flexibility index (Phi) is 4.15. The van der Waals surface area contributed by atoms with E-state index in [0.717, 1.165) is 0 Å². The number of morpholine rings is 1. The van der Waals surface area contributed by atoms with Gasteiger partial charge in [-0.1, -0.05) is 0 Å². The second-order valence-corrected chi connectivity index (χ2v) is 4.13. The molecule has 1 aromatic carbocycles. The Morgan fingerprint density at radius 3 is 2.83 bits per heavy atom. The highest BCUT2D eigenvalue weighted by Gasteiger charge is 2.18. The summed E-state index contributed by atoms with van der Waals surface area (Å²) in [7, 11) is 1.51. The summed E-state index contributed by atoms with van der Waals surface area (Å²) in [5.74, 6) is 0.154. The third-order valence-corrected chi connectivity index (χ3v) is 2.95. The van der Waals surface area contributed by atoms with Crippen LogP contribution in [0.1, 0.15) is 5.56 Å². The minimum absolute atomic E-state index is 0.0257. The van der Waals surface area contributed by atoms with E-state index in [0.29, 0.717) is 37.6 Å². The molecule has 0 saturated carbocycles. The summed E-state index contributed by atoms with van der Waals surface area (Å²) in [4.78, 5) is 13.8. The second kappa shape index (κ2) is 5.82. The van der Waals surface area contributed by atoms with Crippen LogP contribution in [0.4, 0.5) is 4.39 Å². The first-order chi connectivity index (χ1) is 8.70. The highest BCUT2D eigenvalue weighted by molar-refractivity contribution is 5.79. The summed E-state index contributed by atoms with van der Waals surface area (Å²) in [6.07, 6.45) is 0.154. The molecule has 2 rings (SSSR count). The number of carbonyl (C=O) groups is 1. The van der Waals surface area contributed by atoms with Gasteiger partial charge in [0.05, 0.1) is 26.7 Å². The van der Waals surface area contributed by atoms with Crippen LogP contribution in [0.3, 0.4) is 0 Å². The van der Waals surface area contributed by atoms with Crippen LogP contribution >= 0.6 is 0 Å². The first kappa shape index (κ1) is 12.8. The van der Waals surface area contributed by atoms with Gasteiger partial charge in [-0.3, -0.25) is 4.79 Å². The lowest BCUT2D eigenvalue weighted by atomic mass is 10.1. The van der Waals surface area contributed by atoms with Crippen LogP contribution in [0.25, 0.3) is 0 Å². The Hall–Kier alpha value is -1.62. The molecular formula is C13H16FNO3. The fraction of sp³-hybridized carbons (Fsp3) is 0.462. The van der Waals surface area contributed by atoms with Gasteiger partial charge in [0.2, 0.25) is 5.91 Å². The lowest BCUT2D eigenvalue weighted by Gasteiger charge is -2.27. The Bertz CT molecular complexity index is 430. The third kappa shape index (κ3) is 2.98. The van der Waals surface area contributed by atoms with Gasteiger partial charge in [-0.25, -0.2) is 4.39 Å². The van der Waals surface area contributed by atoms with Crippen LogP contribution in [0.2, 0.25) is 0 Å². The van der Waals surface area contributed by atoms with Crippen LogP contribution in [-0.4, -0.2) is 44.2 Å². The van der Waals surface area contributed by atoms with E-state index in [1.54, 1.807) is 4.90 Å². The minimum Gasteiger partial charge on any atom is -0.496 e. The van der Waals surface area contributed by atoms with Crippen molar-refractivity contribution in [3.05, 3.63) is 29.6 Å². The molecule has 0 N–H and O–H groups in total. The van der Waals surface area contributed by atoms with Gasteiger partial charge in [-0.05, 0) is 18.2 Å². The molecule has 0 atom stereocenters. The number of nitrogens with zero attached hydrogens (tertiary/aromatic N) is 1. The molecule has 5 heteroatoms. The number of halogens is 1. The number of carbonyl (C=O) groups excluding carboxylic acids is 1. The van der Waals surface area contributed by atoms with Gasteiger partial charge in [0.1, 0.15) is 11.6 Å². The smallest absolute Gasteiger partial charge is 0.227 e. The van der Waals surface area contributed by atoms with Gasteiger partial charge in [0.15, 0.2) is 0 Å². The van der Waals surface area contributed by atoms with Crippen LogP contribution in [0.15, 0.2) is 18.2 Å². The van der Waals surface area contributed by atoms with E-state index in [2.05, 4.69) is 0 Å². The number of ether oxygens (including phenoxy) is 2. The molecule has 4 nitrogen and oxygen atoms in total. The Morgan fingerprint density at radius 1 is 1.44 bits per heavy atom. The molecule has 1 aliphatic rings. The van der Waals surface area contributed by atoms with Gasteiger partial charge in [-0.2, -0.15) is 0 Å². The van der Waals surface area contributed by atoms with E-state index < -0.39 is 0 Å². The van der Waals surface area contributed by atoms with Crippen molar-refractivity contribution < 1.29 is 18.7 Å². The average Bonchev–Trinajstić information content (AvgIpc) is 2.40. The predicted octanol–water partition coefficient (Wildman–Crippen LogP) is 1.24. The third-order valence-electron chi connectivity index (χ3n) is 2.95. The number of amides is 1. The number of hydrogen-bond acceptors (Lipinski definition) is 3. The van der Waals surface area contributed by atoms with Crippen LogP contribution in [0.5, 0.6) is 5.75 Å². The minimum atomic E-state index is -0.361. The van der Waals surface area contributed by atoms with Crippen molar-refractivity contribution in [3.8, 4) is 5.75 Å². The summed E-state index contributed by atoms with van der Waals surface area (Å²) in [5, 5.41) is 0. The molecule has 1 aromatic rings. The molecule has 0 unspecified atom stereocenters. The monoisotopic (exact) mass is 253 g/mol. The molecule has 1 heterocycles. The zero-order valence-electron chi connectivity index (χ0n) is 10.3. The van der Waals surface area contributed by atoms with E-state index >= 15 is 0 Å². The molecule has 0 radical (unpaired) electrons. The van der Waals surface area contributed by atoms with Crippen LogP contribution in [-0.2, 0) is 16.0 Å². The lowest BCUT2D eigenvalue weighted by Crippen LogP contribution is -2.41. The molecule has 0 spiro atoms. The van der Waals surface area contributed by atoms with Gasteiger partial charge < -0.3 is 14.4 Å². The van der Waals surface area contributed by atoms with Crippen LogP contribution < -0.4 is 4.74 Å². The second-order valence-electron chi connectivity index (χ2n) is 4.13. The number of rotatable bonds is 3. The molecule has 0 aliphatic carbocycles. The average molecular weight is 253 g/mol. The fourth-order valence-electron chi connectivity index (χ4n) is 1.97. The number of hydrogen-bond donors (Lipinski definition) is 0. The van der Waals surface area contributed by atoms with Crippen molar-refractivity contribution in [3.63, 3.8) is 0 Å². The maximum atomic E-state index is 13.2. The Morgan fingerprint density at radius 2 is 2.17 bits per heavy atom. The number of benzene rings is 1. The van der Waals surface area contributed by atoms with E-state index in [1.807, 2.05) is 0 Å². The molecule has 1 fully saturated rings. The summed E-state index contributed by atoms with van der Waals surface area (Å²) in [6, 6.07) is 4.20. The maximum absolute atomic E-state index is 13.2. The standard InChI is InChI=1S/C13H16FNO3/c1-17-12-3-2-11(14)8-10(12)9-13(16)15-4-6-18-7-5-15/h2-3,8H,4-7,9H2,1H3. The molecule has 1 saturated heterocycles. The summed E-state index contributed by atoms with van der Waals surface area (Å²) >= 11 is 0. The molecule has 0 aromatic heterocycles. The van der Waals surface area contributed by atoms with Crippen molar-refractivity contribution in [1.82, 2.24) is 4.90 Å². The van der Waals surface area contributed by atoms with Crippen LogP contribution in [0, 0.1) is 5.82 Å². The summed E-state index contributed by atoms with van der Waals surface area (Å²) in [5.41, 5.74) is 0.578. The molecule has 18 heavy (non-hydrogen) atoms. The summed E-state index contributed by atoms with van der Waals surface area (Å²) in [6.45, 7) is 2.31. The highest BCUT2D eigenvalue weighted by atomic mass is 19.1. The molecule has 1 amide bonds. The van der Waals surface area contributed by atoms with Crippen molar-refractivity contribution in [2.75, 3.05) is 33.4 Å². The van der Waals surface area contributed by atoms with Crippen molar-refractivity contribution in [1.29, 1.82) is 0 Å². The van der Waals surface area contributed by atoms with Crippen molar-refractivity contribution in [2.24, 2.45) is 0 Å². The first-order valence-corrected chi connectivity index (χ1v) is 5.88. The largest absolute Gasteiger partial charge is 0.496 e. The van der Waals surface area contributed by atoms with Gasteiger partial charge in [0, 0.05) is 18.7 Å². The lowest BCUT2D eigenvalue weighted by molar-refractivity contribution is -0.134. The van der Waals surface area contributed by atoms with E-state index in [9.17, 15) is 9.18 Å². The van der Waals surface area contributed by atoms with Gasteiger partial charge >= 0.3 is 0 Å². The summed E-state index contributed by atoms with van der Waals surface area (Å²) < 4.78 is 23.5. The van der Waals surface area contributed by atoms with Gasteiger partial charge in [-0.15, -0.1) is 0 Å². The highest BCUT2D eigenvalue weighted by Crippen LogP contribution is 2.20. The molecule has 98 valence electrons. The van der Waals surface area contributed by atoms with Gasteiger partial charge in [0.25, 0.3) is 0 Å². The molecule has 1 aliphatic heterocycles. The Balaban J connectivity index is 2.07. The van der Waals surface area contributed by atoms with E-state index in [4.69, 9.17) is 9.47 Å².